The minimum Gasteiger partial charge on any atom is -0.336 e. The third-order valence-corrected chi connectivity index (χ3v) is 3.91. The Hall–Kier alpha value is -1.14. The van der Waals surface area contributed by atoms with E-state index in [1.807, 2.05) is 0 Å². The summed E-state index contributed by atoms with van der Waals surface area (Å²) in [6.45, 7) is 7.59. The van der Waals surface area contributed by atoms with Gasteiger partial charge in [-0.05, 0) is 44.9 Å². The van der Waals surface area contributed by atoms with Crippen LogP contribution in [0.5, 0.6) is 0 Å². The molecule has 0 unspecified atom stereocenters. The summed E-state index contributed by atoms with van der Waals surface area (Å²) in [6.07, 6.45) is 2.26. The highest BCUT2D eigenvalue weighted by Crippen LogP contribution is 2.16. The zero-order chi connectivity index (χ0) is 13.7. The van der Waals surface area contributed by atoms with Crippen molar-refractivity contribution < 1.29 is 9.59 Å². The van der Waals surface area contributed by atoms with Crippen LogP contribution in [0.3, 0.4) is 0 Å². The Morgan fingerprint density at radius 2 is 2.11 bits per heavy atom. The molecule has 2 N–H and O–H groups in total. The molecular weight excluding hydrogens is 244 g/mol. The van der Waals surface area contributed by atoms with E-state index in [1.165, 1.54) is 4.90 Å². The molecular formula is C13H24N4O2. The maximum Gasteiger partial charge on any atom is 0.324 e. The van der Waals surface area contributed by atoms with Gasteiger partial charge in [-0.1, -0.05) is 6.92 Å². The standard InChI is InChI=1S/C13H24N4O2/c1-2-14-9-11-3-6-16(7-4-11)10-12(18)17-8-5-15-13(17)19/h11,14H,2-10H2,1H3,(H,15,19). The van der Waals surface area contributed by atoms with Crippen LogP contribution in [0.15, 0.2) is 0 Å². The van der Waals surface area contributed by atoms with Gasteiger partial charge < -0.3 is 10.6 Å². The van der Waals surface area contributed by atoms with Crippen molar-refractivity contribution in [3.8, 4) is 0 Å². The molecule has 0 bridgehead atoms. The number of hydrogen-bond donors (Lipinski definition) is 2. The fraction of sp³-hybridized carbons (Fsp3) is 0.846. The van der Waals surface area contributed by atoms with Crippen molar-refractivity contribution in [2.24, 2.45) is 5.92 Å². The lowest BCUT2D eigenvalue weighted by molar-refractivity contribution is -0.129. The van der Waals surface area contributed by atoms with Crippen LogP contribution < -0.4 is 10.6 Å². The maximum absolute atomic E-state index is 12.0. The molecule has 0 aromatic rings. The predicted octanol–water partition coefficient (Wildman–Crippen LogP) is -0.140. The third kappa shape index (κ3) is 3.91. The van der Waals surface area contributed by atoms with Crippen LogP contribution in [0.2, 0.25) is 0 Å². The number of rotatable bonds is 5. The van der Waals surface area contributed by atoms with Gasteiger partial charge in [0.2, 0.25) is 5.91 Å². The first-order valence-electron chi connectivity index (χ1n) is 7.22. The van der Waals surface area contributed by atoms with E-state index in [0.29, 0.717) is 19.6 Å². The number of amides is 3. The van der Waals surface area contributed by atoms with E-state index >= 15 is 0 Å². The summed E-state index contributed by atoms with van der Waals surface area (Å²) in [5.41, 5.74) is 0. The van der Waals surface area contributed by atoms with Crippen LogP contribution in [-0.2, 0) is 4.79 Å². The Labute approximate surface area is 114 Å². The van der Waals surface area contributed by atoms with Crippen molar-refractivity contribution in [1.29, 1.82) is 0 Å². The van der Waals surface area contributed by atoms with Gasteiger partial charge in [0.1, 0.15) is 0 Å². The summed E-state index contributed by atoms with van der Waals surface area (Å²) >= 11 is 0. The first-order valence-corrected chi connectivity index (χ1v) is 7.22. The zero-order valence-corrected chi connectivity index (χ0v) is 11.7. The Bertz CT molecular complexity index is 327. The summed E-state index contributed by atoms with van der Waals surface area (Å²) in [5, 5.41) is 6.03. The average Bonchev–Trinajstić information content (AvgIpc) is 2.84. The first kappa shape index (κ1) is 14.3. The van der Waals surface area contributed by atoms with Crippen molar-refractivity contribution >= 4 is 11.9 Å². The molecule has 2 saturated heterocycles. The second kappa shape index (κ2) is 6.86. The Kier molecular flexibility index (Phi) is 5.15. The maximum atomic E-state index is 12.0. The SMILES string of the molecule is CCNCC1CCN(CC(=O)N2CCNC2=O)CC1. The molecule has 0 spiro atoms. The Morgan fingerprint density at radius 1 is 1.37 bits per heavy atom. The van der Waals surface area contributed by atoms with Gasteiger partial charge in [0, 0.05) is 13.1 Å². The number of urea groups is 1. The van der Waals surface area contributed by atoms with E-state index < -0.39 is 0 Å². The van der Waals surface area contributed by atoms with Gasteiger partial charge in [-0.2, -0.15) is 0 Å². The topological polar surface area (TPSA) is 64.7 Å². The van der Waals surface area contributed by atoms with E-state index in [2.05, 4.69) is 22.5 Å². The molecule has 6 heteroatoms. The molecule has 19 heavy (non-hydrogen) atoms. The Balaban J connectivity index is 1.70. The monoisotopic (exact) mass is 268 g/mol. The fourth-order valence-corrected chi connectivity index (χ4v) is 2.68. The molecule has 2 aliphatic rings. The highest BCUT2D eigenvalue weighted by molar-refractivity contribution is 5.96. The van der Waals surface area contributed by atoms with Crippen LogP contribution >= 0.6 is 0 Å². The molecule has 108 valence electrons. The molecule has 3 amide bonds. The number of likely N-dealkylation sites (tertiary alicyclic amines) is 1. The molecule has 2 aliphatic heterocycles. The summed E-state index contributed by atoms with van der Waals surface area (Å²) in [5.74, 6) is 0.654. The number of carbonyl (C=O) groups is 2. The van der Waals surface area contributed by atoms with Gasteiger partial charge in [-0.3, -0.25) is 14.6 Å². The van der Waals surface area contributed by atoms with E-state index in [0.717, 1.165) is 44.9 Å². The van der Waals surface area contributed by atoms with Crippen LogP contribution in [-0.4, -0.2) is 67.6 Å². The minimum absolute atomic E-state index is 0.0693. The normalized spacial score (nSPS) is 21.7. The minimum atomic E-state index is -0.243. The van der Waals surface area contributed by atoms with Crippen molar-refractivity contribution in [3.63, 3.8) is 0 Å². The van der Waals surface area contributed by atoms with Gasteiger partial charge in [0.05, 0.1) is 6.54 Å². The predicted molar refractivity (Wildman–Crippen MR) is 72.8 cm³/mol. The number of hydrogen-bond acceptors (Lipinski definition) is 4. The number of nitrogens with one attached hydrogen (secondary N) is 2. The second-order valence-electron chi connectivity index (χ2n) is 5.30. The van der Waals surface area contributed by atoms with E-state index in [9.17, 15) is 9.59 Å². The molecule has 2 heterocycles. The van der Waals surface area contributed by atoms with Gasteiger partial charge in [-0.25, -0.2) is 4.79 Å². The second-order valence-corrected chi connectivity index (χ2v) is 5.30. The van der Waals surface area contributed by atoms with Gasteiger partial charge in [-0.15, -0.1) is 0 Å². The molecule has 0 radical (unpaired) electrons. The quantitative estimate of drug-likeness (QED) is 0.728. The van der Waals surface area contributed by atoms with Crippen LogP contribution in [0.4, 0.5) is 4.79 Å². The summed E-state index contributed by atoms with van der Waals surface area (Å²) < 4.78 is 0. The summed E-state index contributed by atoms with van der Waals surface area (Å²) in [4.78, 5) is 26.9. The molecule has 0 saturated carbocycles. The third-order valence-electron chi connectivity index (χ3n) is 3.91. The van der Waals surface area contributed by atoms with E-state index in [1.54, 1.807) is 0 Å². The molecule has 2 rings (SSSR count). The largest absolute Gasteiger partial charge is 0.336 e. The Morgan fingerprint density at radius 3 is 2.68 bits per heavy atom. The number of nitrogens with zero attached hydrogens (tertiary/aromatic N) is 2. The number of carbonyl (C=O) groups excluding carboxylic acids is 2. The van der Waals surface area contributed by atoms with Crippen LogP contribution in [0, 0.1) is 5.92 Å². The van der Waals surface area contributed by atoms with Crippen molar-refractivity contribution in [2.75, 3.05) is 45.8 Å². The van der Waals surface area contributed by atoms with Crippen LogP contribution in [0.1, 0.15) is 19.8 Å². The smallest absolute Gasteiger partial charge is 0.324 e. The highest BCUT2D eigenvalue weighted by atomic mass is 16.2. The lowest BCUT2D eigenvalue weighted by Crippen LogP contribution is -2.45. The number of imide groups is 1. The average molecular weight is 268 g/mol. The van der Waals surface area contributed by atoms with Gasteiger partial charge in [0.15, 0.2) is 0 Å². The van der Waals surface area contributed by atoms with Gasteiger partial charge in [0.25, 0.3) is 0 Å². The van der Waals surface area contributed by atoms with Gasteiger partial charge >= 0.3 is 6.03 Å². The molecule has 0 atom stereocenters. The lowest BCUT2D eigenvalue weighted by atomic mass is 9.97. The molecule has 0 aromatic heterocycles. The lowest BCUT2D eigenvalue weighted by Gasteiger charge is -2.32. The first-order chi connectivity index (χ1) is 9.20. The van der Waals surface area contributed by atoms with Crippen molar-refractivity contribution in [3.05, 3.63) is 0 Å². The summed E-state index contributed by atoms with van der Waals surface area (Å²) in [7, 11) is 0. The molecule has 0 aliphatic carbocycles. The molecule has 6 nitrogen and oxygen atoms in total. The van der Waals surface area contributed by atoms with E-state index in [4.69, 9.17) is 0 Å². The summed E-state index contributed by atoms with van der Waals surface area (Å²) in [6, 6.07) is -0.243. The zero-order valence-electron chi connectivity index (χ0n) is 11.7. The molecule has 0 aromatic carbocycles. The van der Waals surface area contributed by atoms with Crippen molar-refractivity contribution in [2.45, 2.75) is 19.8 Å². The number of piperidine rings is 1. The van der Waals surface area contributed by atoms with E-state index in [-0.39, 0.29) is 11.9 Å². The fourth-order valence-electron chi connectivity index (χ4n) is 2.68. The highest BCUT2D eigenvalue weighted by Gasteiger charge is 2.28. The van der Waals surface area contributed by atoms with Crippen molar-refractivity contribution in [1.82, 2.24) is 20.4 Å². The molecule has 2 fully saturated rings. The van der Waals surface area contributed by atoms with Crippen LogP contribution in [0.25, 0.3) is 0 Å².